The van der Waals surface area contributed by atoms with Gasteiger partial charge in [0.1, 0.15) is 23.3 Å². The van der Waals surface area contributed by atoms with Crippen molar-refractivity contribution in [3.8, 4) is 11.7 Å². The number of anilines is 2. The van der Waals surface area contributed by atoms with Gasteiger partial charge in [-0.25, -0.2) is 13.8 Å². The summed E-state index contributed by atoms with van der Waals surface area (Å²) in [5.41, 5.74) is 0.658. The van der Waals surface area contributed by atoms with Crippen molar-refractivity contribution in [2.24, 2.45) is 0 Å². The van der Waals surface area contributed by atoms with E-state index in [-0.39, 0.29) is 35.4 Å². The molecule has 0 radical (unpaired) electrons. The Morgan fingerprint density at radius 3 is 2.62 bits per heavy atom. The number of hydrogen-bond donors (Lipinski definition) is 1. The minimum absolute atomic E-state index is 0.00513. The van der Waals surface area contributed by atoms with E-state index in [2.05, 4.69) is 20.3 Å². The average molecular weight is 537 g/mol. The quantitative estimate of drug-likeness (QED) is 0.456. The Morgan fingerprint density at radius 2 is 1.89 bits per heavy atom. The van der Waals surface area contributed by atoms with Gasteiger partial charge in [0.15, 0.2) is 5.82 Å². The van der Waals surface area contributed by atoms with Gasteiger partial charge in [0, 0.05) is 19.6 Å². The highest BCUT2D eigenvalue weighted by atomic mass is 35.5. The van der Waals surface area contributed by atoms with E-state index in [0.29, 0.717) is 56.5 Å². The van der Waals surface area contributed by atoms with Gasteiger partial charge < -0.3 is 24.6 Å². The summed E-state index contributed by atoms with van der Waals surface area (Å²) >= 11 is 5.73. The third-order valence-electron chi connectivity index (χ3n) is 6.39. The lowest BCUT2D eigenvalue weighted by atomic mass is 10.1. The molecule has 14 heteroatoms. The number of alkyl halides is 3. The molecule has 2 aliphatic rings. The molecule has 1 unspecified atom stereocenters. The van der Waals surface area contributed by atoms with E-state index >= 15 is 0 Å². The first-order valence-electron chi connectivity index (χ1n) is 12.0. The SMILES string of the molecule is COc1cccc2c1nc(C(F)F)n2-c1nc(N2CCOCC2)nc(N2CCCCC2NC(=O)CCl)n1. The minimum atomic E-state index is -2.89. The largest absolute Gasteiger partial charge is 0.494 e. The Morgan fingerprint density at radius 1 is 1.14 bits per heavy atom. The van der Waals surface area contributed by atoms with Gasteiger partial charge in [0.25, 0.3) is 6.43 Å². The summed E-state index contributed by atoms with van der Waals surface area (Å²) < 4.78 is 40.6. The van der Waals surface area contributed by atoms with Gasteiger partial charge in [-0.15, -0.1) is 11.6 Å². The van der Waals surface area contributed by atoms with E-state index in [1.807, 2.05) is 9.80 Å². The van der Waals surface area contributed by atoms with Crippen LogP contribution in [0.4, 0.5) is 20.7 Å². The van der Waals surface area contributed by atoms with Crippen LogP contribution >= 0.6 is 11.6 Å². The topological polar surface area (TPSA) is 111 Å². The summed E-state index contributed by atoms with van der Waals surface area (Å²) in [5, 5.41) is 2.91. The van der Waals surface area contributed by atoms with Crippen molar-refractivity contribution in [1.82, 2.24) is 29.8 Å². The molecular weight excluding hydrogens is 510 g/mol. The number of ether oxygens (including phenoxy) is 2. The first-order valence-corrected chi connectivity index (χ1v) is 12.6. The van der Waals surface area contributed by atoms with Crippen LogP contribution in [0.1, 0.15) is 31.5 Å². The van der Waals surface area contributed by atoms with Crippen molar-refractivity contribution in [2.75, 3.05) is 55.6 Å². The first kappa shape index (κ1) is 25.3. The van der Waals surface area contributed by atoms with Crippen LogP contribution in [0.2, 0.25) is 0 Å². The summed E-state index contributed by atoms with van der Waals surface area (Å²) in [5.74, 6) is -0.0143. The number of aromatic nitrogens is 5. The van der Waals surface area contributed by atoms with Crippen LogP contribution in [0.5, 0.6) is 5.75 Å². The second-order valence-corrected chi connectivity index (χ2v) is 8.94. The lowest BCUT2D eigenvalue weighted by Gasteiger charge is -2.36. The van der Waals surface area contributed by atoms with E-state index in [9.17, 15) is 13.6 Å². The molecule has 1 atom stereocenters. The molecule has 0 aliphatic carbocycles. The number of carbonyl (C=O) groups excluding carboxylic acids is 1. The van der Waals surface area contributed by atoms with E-state index in [1.54, 1.807) is 18.2 Å². The van der Waals surface area contributed by atoms with Crippen LogP contribution in [0.3, 0.4) is 0 Å². The third kappa shape index (κ3) is 5.10. The average Bonchev–Trinajstić information content (AvgIpc) is 3.34. The van der Waals surface area contributed by atoms with Gasteiger partial charge in [0.2, 0.25) is 23.8 Å². The second-order valence-electron chi connectivity index (χ2n) is 8.68. The number of imidazole rings is 1. The minimum Gasteiger partial charge on any atom is -0.494 e. The number of fused-ring (bicyclic) bond motifs is 1. The number of carbonyl (C=O) groups is 1. The lowest BCUT2D eigenvalue weighted by molar-refractivity contribution is -0.119. The first-order chi connectivity index (χ1) is 18.0. The van der Waals surface area contributed by atoms with E-state index in [1.165, 1.54) is 11.7 Å². The standard InChI is InChI=1S/C23H27ClF2N8O3/c1-36-15-6-4-5-14-18(15)28-20(19(25)26)34(14)23-30-21(32-9-11-37-12-10-32)29-22(31-23)33-8-3-2-7-16(33)27-17(35)13-24/h4-6,16,19H,2-3,7-13H2,1H3,(H,27,35). The maximum absolute atomic E-state index is 14.2. The molecule has 2 saturated heterocycles. The fourth-order valence-electron chi connectivity index (χ4n) is 4.63. The van der Waals surface area contributed by atoms with Gasteiger partial charge in [-0.1, -0.05) is 6.07 Å². The summed E-state index contributed by atoms with van der Waals surface area (Å²) in [4.78, 5) is 34.0. The van der Waals surface area contributed by atoms with Gasteiger partial charge in [-0.05, 0) is 31.4 Å². The molecule has 3 aromatic rings. The van der Waals surface area contributed by atoms with Crippen LogP contribution in [-0.2, 0) is 9.53 Å². The Bertz CT molecular complexity index is 1270. The van der Waals surface area contributed by atoms with E-state index < -0.39 is 12.2 Å². The molecule has 1 aromatic carbocycles. The maximum Gasteiger partial charge on any atom is 0.296 e. The van der Waals surface area contributed by atoms with Crippen molar-refractivity contribution in [2.45, 2.75) is 31.9 Å². The predicted octanol–water partition coefficient (Wildman–Crippen LogP) is 2.66. The number of nitrogens with one attached hydrogen (secondary N) is 1. The van der Waals surface area contributed by atoms with Crippen molar-refractivity contribution in [3.05, 3.63) is 24.0 Å². The number of nitrogens with zero attached hydrogens (tertiary/aromatic N) is 7. The summed E-state index contributed by atoms with van der Waals surface area (Å²) in [6, 6.07) is 5.02. The number of halogens is 3. The summed E-state index contributed by atoms with van der Waals surface area (Å²) in [7, 11) is 1.46. The lowest BCUT2D eigenvalue weighted by Crippen LogP contribution is -2.52. The zero-order valence-corrected chi connectivity index (χ0v) is 21.0. The normalized spacial score (nSPS) is 18.5. The number of amides is 1. The Hall–Kier alpha value is -3.32. The zero-order valence-electron chi connectivity index (χ0n) is 20.2. The van der Waals surface area contributed by atoms with Gasteiger partial charge in [0.05, 0.1) is 25.8 Å². The molecule has 2 aliphatic heterocycles. The Balaban J connectivity index is 1.68. The number of morpholine rings is 1. The maximum atomic E-state index is 14.2. The van der Waals surface area contributed by atoms with Gasteiger partial charge in [-0.3, -0.25) is 9.36 Å². The van der Waals surface area contributed by atoms with Crippen LogP contribution in [0.25, 0.3) is 17.0 Å². The molecule has 1 amide bonds. The summed E-state index contributed by atoms with van der Waals surface area (Å²) in [6.45, 7) is 2.62. The molecular formula is C23H27ClF2N8O3. The van der Waals surface area contributed by atoms with Crippen LogP contribution in [0, 0.1) is 0 Å². The molecule has 1 N–H and O–H groups in total. The van der Waals surface area contributed by atoms with Crippen molar-refractivity contribution >= 4 is 40.4 Å². The Kier molecular flexibility index (Phi) is 7.51. The molecule has 37 heavy (non-hydrogen) atoms. The molecule has 11 nitrogen and oxygen atoms in total. The van der Waals surface area contributed by atoms with E-state index in [0.717, 1.165) is 12.8 Å². The predicted molar refractivity (Wildman–Crippen MR) is 133 cm³/mol. The molecule has 2 aromatic heterocycles. The molecule has 4 heterocycles. The Labute approximate surface area is 216 Å². The monoisotopic (exact) mass is 536 g/mol. The molecule has 0 saturated carbocycles. The van der Waals surface area contributed by atoms with E-state index in [4.69, 9.17) is 26.1 Å². The number of para-hydroxylation sites is 1. The molecule has 2 fully saturated rings. The highest BCUT2D eigenvalue weighted by molar-refractivity contribution is 6.27. The van der Waals surface area contributed by atoms with Crippen molar-refractivity contribution in [1.29, 1.82) is 0 Å². The van der Waals surface area contributed by atoms with Gasteiger partial charge in [-0.2, -0.15) is 15.0 Å². The highest BCUT2D eigenvalue weighted by Crippen LogP contribution is 2.33. The summed E-state index contributed by atoms with van der Waals surface area (Å²) in [6.07, 6.45) is -0.852. The van der Waals surface area contributed by atoms with Crippen LogP contribution < -0.4 is 19.9 Å². The second kappa shape index (κ2) is 11.0. The van der Waals surface area contributed by atoms with Crippen LogP contribution in [-0.4, -0.2) is 82.4 Å². The van der Waals surface area contributed by atoms with Gasteiger partial charge >= 0.3 is 0 Å². The molecule has 0 bridgehead atoms. The number of benzene rings is 1. The molecule has 0 spiro atoms. The smallest absolute Gasteiger partial charge is 0.296 e. The van der Waals surface area contributed by atoms with Crippen LogP contribution in [0.15, 0.2) is 18.2 Å². The third-order valence-corrected chi connectivity index (χ3v) is 6.63. The number of piperidine rings is 1. The number of methoxy groups -OCH3 is 1. The fourth-order valence-corrected chi connectivity index (χ4v) is 4.71. The zero-order chi connectivity index (χ0) is 25.9. The number of hydrogen-bond acceptors (Lipinski definition) is 9. The highest BCUT2D eigenvalue weighted by Gasteiger charge is 2.30. The van der Waals surface area contributed by atoms with Crippen molar-refractivity contribution in [3.63, 3.8) is 0 Å². The fraction of sp³-hybridized carbons (Fsp3) is 0.522. The molecule has 198 valence electrons. The molecule has 5 rings (SSSR count). The van der Waals surface area contributed by atoms with Crippen molar-refractivity contribution < 1.29 is 23.0 Å². The number of rotatable bonds is 7.